The topological polar surface area (TPSA) is 134 Å². The summed E-state index contributed by atoms with van der Waals surface area (Å²) in [7, 11) is 0. The van der Waals surface area contributed by atoms with Crippen molar-refractivity contribution in [1.29, 1.82) is 0 Å². The average molecular weight is 387 g/mol. The summed E-state index contributed by atoms with van der Waals surface area (Å²) in [5, 5.41) is 21.4. The molecule has 0 fully saturated rings. The Morgan fingerprint density at radius 2 is 2.08 bits per heavy atom. The summed E-state index contributed by atoms with van der Waals surface area (Å²) in [5.41, 5.74) is -1.13. The predicted molar refractivity (Wildman–Crippen MR) is 95.7 cm³/mol. The number of pyridine rings is 1. The van der Waals surface area contributed by atoms with Gasteiger partial charge in [0.05, 0.1) is 9.80 Å². The van der Waals surface area contributed by atoms with E-state index >= 15 is 0 Å². The summed E-state index contributed by atoms with van der Waals surface area (Å²) < 4.78 is 2.33. The minimum absolute atomic E-state index is 0.0944. The van der Waals surface area contributed by atoms with Crippen LogP contribution in [0.15, 0.2) is 56.9 Å². The standard InChI is InChI=1S/C14H9N7O3S2/c15-20-11(8-4-3-7-25-8)17-18-14(20)26-12-10(21(23)24)13(22)19-6-2-1-5-9(19)16-12/h1-7H,15H2. The van der Waals surface area contributed by atoms with E-state index in [1.807, 2.05) is 17.5 Å². The number of nitro groups is 1. The van der Waals surface area contributed by atoms with Gasteiger partial charge in [-0.2, -0.15) is 0 Å². The second-order valence-corrected chi connectivity index (χ2v) is 6.92. The molecular weight excluding hydrogens is 378 g/mol. The van der Waals surface area contributed by atoms with Crippen molar-refractivity contribution < 1.29 is 4.92 Å². The zero-order valence-electron chi connectivity index (χ0n) is 12.8. The molecular formula is C14H9N7O3S2. The molecule has 0 amide bonds. The van der Waals surface area contributed by atoms with E-state index in [-0.39, 0.29) is 15.8 Å². The number of thiophene rings is 1. The first-order valence-electron chi connectivity index (χ1n) is 7.14. The third kappa shape index (κ3) is 2.60. The van der Waals surface area contributed by atoms with E-state index in [1.165, 1.54) is 22.2 Å². The van der Waals surface area contributed by atoms with E-state index in [0.29, 0.717) is 5.82 Å². The van der Waals surface area contributed by atoms with Gasteiger partial charge in [0, 0.05) is 6.20 Å². The maximum atomic E-state index is 12.5. The molecule has 0 aliphatic carbocycles. The number of aromatic nitrogens is 5. The highest BCUT2D eigenvalue weighted by Gasteiger charge is 2.26. The van der Waals surface area contributed by atoms with Crippen molar-refractivity contribution in [2.75, 3.05) is 5.84 Å². The van der Waals surface area contributed by atoms with Crippen molar-refractivity contribution in [2.24, 2.45) is 0 Å². The number of hydrogen-bond donors (Lipinski definition) is 1. The van der Waals surface area contributed by atoms with E-state index in [4.69, 9.17) is 5.84 Å². The Morgan fingerprint density at radius 3 is 2.81 bits per heavy atom. The number of nitrogen functional groups attached to an aromatic ring is 1. The van der Waals surface area contributed by atoms with Gasteiger partial charge in [-0.1, -0.05) is 12.1 Å². The molecule has 4 aromatic rings. The lowest BCUT2D eigenvalue weighted by atomic mass is 10.4. The molecule has 0 aliphatic rings. The maximum absolute atomic E-state index is 12.5. The molecule has 0 spiro atoms. The lowest BCUT2D eigenvalue weighted by molar-refractivity contribution is -0.389. The molecule has 0 saturated heterocycles. The van der Waals surface area contributed by atoms with Crippen LogP contribution in [0.4, 0.5) is 5.69 Å². The number of nitrogens with zero attached hydrogens (tertiary/aromatic N) is 6. The van der Waals surface area contributed by atoms with Gasteiger partial charge >= 0.3 is 11.2 Å². The van der Waals surface area contributed by atoms with E-state index in [2.05, 4.69) is 15.2 Å². The molecule has 0 atom stereocenters. The summed E-state index contributed by atoms with van der Waals surface area (Å²) in [4.78, 5) is 28.1. The Labute approximate surface area is 153 Å². The van der Waals surface area contributed by atoms with Gasteiger partial charge in [-0.25, -0.2) is 9.66 Å². The van der Waals surface area contributed by atoms with Crippen LogP contribution in [0.1, 0.15) is 0 Å². The normalized spacial score (nSPS) is 11.1. The average Bonchev–Trinajstić information content (AvgIpc) is 3.25. The largest absolute Gasteiger partial charge is 0.366 e. The second-order valence-electron chi connectivity index (χ2n) is 5.01. The van der Waals surface area contributed by atoms with Crippen molar-refractivity contribution >= 4 is 34.4 Å². The number of nitrogens with two attached hydrogens (primary N) is 1. The van der Waals surface area contributed by atoms with E-state index in [0.717, 1.165) is 21.0 Å². The highest BCUT2D eigenvalue weighted by molar-refractivity contribution is 7.99. The Morgan fingerprint density at radius 1 is 1.23 bits per heavy atom. The van der Waals surface area contributed by atoms with Gasteiger partial charge in [0.15, 0.2) is 10.9 Å². The van der Waals surface area contributed by atoms with E-state index in [1.54, 1.807) is 18.2 Å². The lowest BCUT2D eigenvalue weighted by Gasteiger charge is -2.05. The van der Waals surface area contributed by atoms with Crippen LogP contribution in [-0.2, 0) is 0 Å². The minimum atomic E-state index is -0.773. The Bertz CT molecular complexity index is 1180. The summed E-state index contributed by atoms with van der Waals surface area (Å²) in [6, 6.07) is 8.53. The molecule has 2 N–H and O–H groups in total. The quantitative estimate of drug-likeness (QED) is 0.242. The van der Waals surface area contributed by atoms with Crippen molar-refractivity contribution in [1.82, 2.24) is 24.3 Å². The van der Waals surface area contributed by atoms with Crippen molar-refractivity contribution in [3.8, 4) is 10.7 Å². The number of rotatable bonds is 4. The zero-order valence-corrected chi connectivity index (χ0v) is 14.5. The SMILES string of the molecule is Nn1c(Sc2nc3ccccn3c(=O)c2[N+](=O)[O-])nnc1-c1cccs1. The van der Waals surface area contributed by atoms with Crippen molar-refractivity contribution in [3.05, 3.63) is 62.4 Å². The Kier molecular flexibility index (Phi) is 3.89. The van der Waals surface area contributed by atoms with Crippen LogP contribution in [0, 0.1) is 10.1 Å². The van der Waals surface area contributed by atoms with Gasteiger partial charge in [0.2, 0.25) is 5.16 Å². The first kappa shape index (κ1) is 16.2. The van der Waals surface area contributed by atoms with Crippen LogP contribution in [0.5, 0.6) is 0 Å². The lowest BCUT2D eigenvalue weighted by Crippen LogP contribution is -2.20. The summed E-state index contributed by atoms with van der Waals surface area (Å²) >= 11 is 2.25. The molecule has 0 unspecified atom stereocenters. The van der Waals surface area contributed by atoms with E-state index in [9.17, 15) is 14.9 Å². The fourth-order valence-corrected chi connectivity index (χ4v) is 3.84. The van der Waals surface area contributed by atoms with Gasteiger partial charge in [0.25, 0.3) is 0 Å². The Balaban J connectivity index is 1.84. The predicted octanol–water partition coefficient (Wildman–Crippen LogP) is 1.79. The molecule has 130 valence electrons. The highest BCUT2D eigenvalue weighted by atomic mass is 32.2. The molecule has 0 aromatic carbocycles. The van der Waals surface area contributed by atoms with Gasteiger partial charge in [-0.05, 0) is 35.3 Å². The molecule has 4 heterocycles. The van der Waals surface area contributed by atoms with Crippen LogP contribution in [0.25, 0.3) is 16.3 Å². The fraction of sp³-hybridized carbons (Fsp3) is 0. The first-order chi connectivity index (χ1) is 12.6. The second kappa shape index (κ2) is 6.24. The Hall–Kier alpha value is -3.25. The third-order valence-corrected chi connectivity index (χ3v) is 5.26. The van der Waals surface area contributed by atoms with E-state index < -0.39 is 16.2 Å². The van der Waals surface area contributed by atoms with Crippen LogP contribution in [0.3, 0.4) is 0 Å². The fourth-order valence-electron chi connectivity index (χ4n) is 2.29. The van der Waals surface area contributed by atoms with Gasteiger partial charge in [-0.15, -0.1) is 21.5 Å². The summed E-state index contributed by atoms with van der Waals surface area (Å²) in [5.74, 6) is 6.43. The monoisotopic (exact) mass is 387 g/mol. The zero-order chi connectivity index (χ0) is 18.3. The van der Waals surface area contributed by atoms with Crippen LogP contribution in [-0.4, -0.2) is 29.2 Å². The van der Waals surface area contributed by atoms with Crippen LogP contribution < -0.4 is 11.4 Å². The summed E-state index contributed by atoms with van der Waals surface area (Å²) in [6.45, 7) is 0. The van der Waals surface area contributed by atoms with Gasteiger partial charge in [-0.3, -0.25) is 19.3 Å². The summed E-state index contributed by atoms with van der Waals surface area (Å²) in [6.07, 6.45) is 1.42. The number of fused-ring (bicyclic) bond motifs is 1. The minimum Gasteiger partial charge on any atom is -0.335 e. The van der Waals surface area contributed by atoms with Crippen molar-refractivity contribution in [2.45, 2.75) is 10.2 Å². The molecule has 26 heavy (non-hydrogen) atoms. The maximum Gasteiger partial charge on any atom is 0.366 e. The molecule has 4 rings (SSSR count). The molecule has 0 saturated carbocycles. The highest BCUT2D eigenvalue weighted by Crippen LogP contribution is 2.32. The van der Waals surface area contributed by atoms with Gasteiger partial charge < -0.3 is 5.84 Å². The van der Waals surface area contributed by atoms with Crippen LogP contribution >= 0.6 is 23.1 Å². The number of hydrogen-bond acceptors (Lipinski definition) is 9. The molecule has 0 aliphatic heterocycles. The smallest absolute Gasteiger partial charge is 0.335 e. The van der Waals surface area contributed by atoms with Crippen molar-refractivity contribution in [3.63, 3.8) is 0 Å². The van der Waals surface area contributed by atoms with Crippen LogP contribution in [0.2, 0.25) is 0 Å². The molecule has 12 heteroatoms. The third-order valence-electron chi connectivity index (χ3n) is 3.46. The molecule has 10 nitrogen and oxygen atoms in total. The molecule has 4 aromatic heterocycles. The first-order valence-corrected chi connectivity index (χ1v) is 8.84. The van der Waals surface area contributed by atoms with Gasteiger partial charge in [0.1, 0.15) is 5.65 Å². The molecule has 0 bridgehead atoms. The molecule has 0 radical (unpaired) electrons.